The van der Waals surface area contributed by atoms with Gasteiger partial charge in [0.25, 0.3) is 5.91 Å². The highest BCUT2D eigenvalue weighted by Crippen LogP contribution is 2.40. The maximum Gasteiger partial charge on any atom is 0.339 e. The van der Waals surface area contributed by atoms with Crippen molar-refractivity contribution in [2.24, 2.45) is 0 Å². The summed E-state index contributed by atoms with van der Waals surface area (Å²) in [7, 11) is 1.53. The number of rotatable bonds is 7. The van der Waals surface area contributed by atoms with Gasteiger partial charge in [0.2, 0.25) is 0 Å². The monoisotopic (exact) mass is 498 g/mol. The molecule has 0 atom stereocenters. The Labute approximate surface area is 212 Å². The second kappa shape index (κ2) is 8.92. The molecule has 0 aliphatic heterocycles. The van der Waals surface area contributed by atoms with Crippen molar-refractivity contribution in [3.8, 4) is 5.75 Å². The van der Waals surface area contributed by atoms with E-state index in [0.717, 1.165) is 34.9 Å². The molecule has 6 rings (SSSR count). The van der Waals surface area contributed by atoms with Gasteiger partial charge in [0.1, 0.15) is 16.9 Å². The lowest BCUT2D eigenvalue weighted by atomic mass is 10.1. The molecule has 0 radical (unpaired) electrons. The Hall–Kier alpha value is -4.40. The average Bonchev–Trinajstić information content (AvgIpc) is 3.55. The zero-order chi connectivity index (χ0) is 25.7. The van der Waals surface area contributed by atoms with Crippen molar-refractivity contribution in [1.29, 1.82) is 0 Å². The zero-order valence-electron chi connectivity index (χ0n) is 20.8. The Morgan fingerprint density at radius 1 is 1.11 bits per heavy atom. The Morgan fingerprint density at radius 3 is 2.68 bits per heavy atom. The van der Waals surface area contributed by atoms with E-state index in [1.807, 2.05) is 44.2 Å². The largest absolute Gasteiger partial charge is 0.495 e. The molecule has 5 aromatic rings. The molecule has 3 heterocycles. The van der Waals surface area contributed by atoms with Crippen molar-refractivity contribution in [2.45, 2.75) is 38.6 Å². The van der Waals surface area contributed by atoms with Gasteiger partial charge >= 0.3 is 5.97 Å². The first-order valence-electron chi connectivity index (χ1n) is 12.3. The van der Waals surface area contributed by atoms with Gasteiger partial charge in [0.05, 0.1) is 29.9 Å². The minimum Gasteiger partial charge on any atom is -0.495 e. The number of ether oxygens (including phenoxy) is 2. The highest BCUT2D eigenvalue weighted by Gasteiger charge is 2.29. The molecule has 188 valence electrons. The van der Waals surface area contributed by atoms with Gasteiger partial charge in [-0.15, -0.1) is 0 Å². The number of nitrogens with zero attached hydrogens (tertiary/aromatic N) is 3. The van der Waals surface area contributed by atoms with E-state index >= 15 is 0 Å². The highest BCUT2D eigenvalue weighted by atomic mass is 16.5. The molecule has 1 amide bonds. The highest BCUT2D eigenvalue weighted by molar-refractivity contribution is 6.08. The van der Waals surface area contributed by atoms with Crippen LogP contribution in [0.15, 0.2) is 53.1 Å². The van der Waals surface area contributed by atoms with E-state index in [9.17, 15) is 9.59 Å². The van der Waals surface area contributed by atoms with Gasteiger partial charge in [-0.1, -0.05) is 18.2 Å². The van der Waals surface area contributed by atoms with Crippen LogP contribution in [0.1, 0.15) is 54.7 Å². The Morgan fingerprint density at radius 2 is 1.92 bits per heavy atom. The predicted octanol–water partition coefficient (Wildman–Crippen LogP) is 5.59. The summed E-state index contributed by atoms with van der Waals surface area (Å²) < 4.78 is 18.6. The number of fused-ring (bicyclic) bond motifs is 4. The number of hydrogen-bond donors (Lipinski definition) is 1. The number of para-hydroxylation sites is 1. The number of benzene rings is 2. The first kappa shape index (κ1) is 23.0. The Kier molecular flexibility index (Phi) is 5.55. The summed E-state index contributed by atoms with van der Waals surface area (Å²) in [4.78, 5) is 30.6. The molecule has 1 aliphatic rings. The normalized spacial score (nSPS) is 13.5. The lowest BCUT2D eigenvalue weighted by molar-refractivity contribution is -0.119. The lowest BCUT2D eigenvalue weighted by Gasteiger charge is -2.12. The van der Waals surface area contributed by atoms with E-state index in [0.29, 0.717) is 39.5 Å². The average molecular weight is 499 g/mol. The number of pyridine rings is 1. The topological polar surface area (TPSA) is 108 Å². The second-order valence-electron chi connectivity index (χ2n) is 9.56. The molecule has 37 heavy (non-hydrogen) atoms. The van der Waals surface area contributed by atoms with Gasteiger partial charge in [-0.25, -0.2) is 14.5 Å². The van der Waals surface area contributed by atoms with Crippen LogP contribution in [0.25, 0.3) is 33.0 Å². The van der Waals surface area contributed by atoms with Crippen molar-refractivity contribution in [2.75, 3.05) is 19.0 Å². The van der Waals surface area contributed by atoms with Crippen LogP contribution >= 0.6 is 0 Å². The first-order valence-corrected chi connectivity index (χ1v) is 12.3. The molecule has 9 heteroatoms. The van der Waals surface area contributed by atoms with Gasteiger partial charge in [0, 0.05) is 34.5 Å². The van der Waals surface area contributed by atoms with Crippen LogP contribution in [-0.2, 0) is 9.53 Å². The summed E-state index contributed by atoms with van der Waals surface area (Å²) in [5, 5.41) is 9.63. The van der Waals surface area contributed by atoms with Crippen LogP contribution in [-0.4, -0.2) is 40.4 Å². The van der Waals surface area contributed by atoms with Crippen LogP contribution in [0.2, 0.25) is 0 Å². The minimum atomic E-state index is -0.590. The van der Waals surface area contributed by atoms with Crippen LogP contribution in [0.4, 0.5) is 5.69 Å². The summed E-state index contributed by atoms with van der Waals surface area (Å²) in [6.45, 7) is 3.56. The van der Waals surface area contributed by atoms with Gasteiger partial charge in [-0.2, -0.15) is 5.10 Å². The SMILES string of the molecule is COc1cc2c(cc1NC(=O)COC(=O)c1cc(C3CC3)nc3c1cnn3C(C)C)oc1ccccc12. The first-order chi connectivity index (χ1) is 17.9. The number of carbonyl (C=O) groups is 2. The number of esters is 1. The number of hydrogen-bond acceptors (Lipinski definition) is 7. The standard InChI is InChI=1S/C28H26N4O5/c1-15(2)32-27-20(13-29-32)19(10-21(31-27)16-8-9-16)28(34)36-14-26(33)30-22-12-24-18(11-25(22)35-3)17-6-4-5-7-23(17)37-24/h4-7,10-13,15-16H,8-9,14H2,1-3H3,(H,30,33). The van der Waals surface area contributed by atoms with Crippen molar-refractivity contribution in [1.82, 2.24) is 14.8 Å². The number of furan rings is 1. The molecule has 1 fully saturated rings. The van der Waals surface area contributed by atoms with Gasteiger partial charge < -0.3 is 19.2 Å². The maximum absolute atomic E-state index is 13.1. The third-order valence-corrected chi connectivity index (χ3v) is 6.60. The van der Waals surface area contributed by atoms with Crippen molar-refractivity contribution in [3.05, 3.63) is 59.9 Å². The number of aromatic nitrogens is 3. The summed E-state index contributed by atoms with van der Waals surface area (Å²) in [5.41, 5.74) is 3.66. The van der Waals surface area contributed by atoms with E-state index in [4.69, 9.17) is 18.9 Å². The zero-order valence-corrected chi connectivity index (χ0v) is 20.8. The van der Waals surface area contributed by atoms with Crippen LogP contribution in [0.3, 0.4) is 0 Å². The molecule has 0 spiro atoms. The summed E-state index contributed by atoms with van der Waals surface area (Å²) in [5.74, 6) is -0.264. The number of amides is 1. The van der Waals surface area contributed by atoms with Crippen molar-refractivity contribution >= 4 is 50.5 Å². The molecule has 1 aliphatic carbocycles. The summed E-state index contributed by atoms with van der Waals surface area (Å²) >= 11 is 0. The fourth-order valence-corrected chi connectivity index (χ4v) is 4.59. The minimum absolute atomic E-state index is 0.0909. The van der Waals surface area contributed by atoms with Gasteiger partial charge in [-0.3, -0.25) is 4.79 Å². The predicted molar refractivity (Wildman–Crippen MR) is 139 cm³/mol. The Balaban J connectivity index is 1.22. The van der Waals surface area contributed by atoms with E-state index in [-0.39, 0.29) is 6.04 Å². The molecule has 0 bridgehead atoms. The van der Waals surface area contributed by atoms with Crippen LogP contribution < -0.4 is 10.1 Å². The van der Waals surface area contributed by atoms with Crippen molar-refractivity contribution < 1.29 is 23.5 Å². The third kappa shape index (κ3) is 4.16. The maximum atomic E-state index is 13.1. The smallest absolute Gasteiger partial charge is 0.339 e. The molecular weight excluding hydrogens is 472 g/mol. The van der Waals surface area contributed by atoms with E-state index in [1.54, 1.807) is 23.0 Å². The number of carbonyl (C=O) groups excluding carboxylic acids is 2. The summed E-state index contributed by atoms with van der Waals surface area (Å²) in [6.07, 6.45) is 3.72. The fraction of sp³-hybridized carbons (Fsp3) is 0.286. The number of methoxy groups -OCH3 is 1. The molecule has 3 aromatic heterocycles. The molecule has 1 saturated carbocycles. The number of nitrogens with one attached hydrogen (secondary N) is 1. The van der Waals surface area contributed by atoms with E-state index in [2.05, 4.69) is 10.4 Å². The molecule has 0 saturated heterocycles. The van der Waals surface area contributed by atoms with Crippen LogP contribution in [0.5, 0.6) is 5.75 Å². The van der Waals surface area contributed by atoms with Crippen LogP contribution in [0, 0.1) is 0 Å². The quantitative estimate of drug-likeness (QED) is 0.291. The molecule has 0 unspecified atom stereocenters. The number of anilines is 1. The molecule has 9 nitrogen and oxygen atoms in total. The Bertz CT molecular complexity index is 1680. The van der Waals surface area contributed by atoms with Crippen molar-refractivity contribution in [3.63, 3.8) is 0 Å². The molecule has 2 aromatic carbocycles. The van der Waals surface area contributed by atoms with Gasteiger partial charge in [-0.05, 0) is 44.9 Å². The molecular formula is C28H26N4O5. The molecule has 1 N–H and O–H groups in total. The van der Waals surface area contributed by atoms with E-state index in [1.165, 1.54) is 7.11 Å². The second-order valence-corrected chi connectivity index (χ2v) is 9.56. The third-order valence-electron chi connectivity index (χ3n) is 6.60. The summed E-state index contributed by atoms with van der Waals surface area (Å²) in [6, 6.07) is 13.1. The lowest BCUT2D eigenvalue weighted by Crippen LogP contribution is -2.21. The van der Waals surface area contributed by atoms with Gasteiger partial charge in [0.15, 0.2) is 12.3 Å². The van der Waals surface area contributed by atoms with E-state index < -0.39 is 18.5 Å². The fourth-order valence-electron chi connectivity index (χ4n) is 4.59.